The van der Waals surface area contributed by atoms with Crippen molar-refractivity contribution >= 4 is 0 Å². The van der Waals surface area contributed by atoms with E-state index in [1.807, 2.05) is 0 Å². The Morgan fingerprint density at radius 3 is 1.88 bits per heavy atom. The first kappa shape index (κ1) is 11.9. The van der Waals surface area contributed by atoms with Gasteiger partial charge in [0, 0.05) is 25.2 Å². The molecule has 0 aromatic carbocycles. The Labute approximate surface area is 104 Å². The lowest BCUT2D eigenvalue weighted by atomic mass is 10.0. The van der Waals surface area contributed by atoms with Crippen molar-refractivity contribution in [2.24, 2.45) is 23.5 Å². The van der Waals surface area contributed by atoms with E-state index in [0.717, 1.165) is 11.8 Å². The highest BCUT2D eigenvalue weighted by molar-refractivity contribution is 4.95. The van der Waals surface area contributed by atoms with Gasteiger partial charge in [-0.15, -0.1) is 0 Å². The van der Waals surface area contributed by atoms with Crippen molar-refractivity contribution in [1.29, 1.82) is 0 Å². The topological polar surface area (TPSA) is 49.5 Å². The lowest BCUT2D eigenvalue weighted by Crippen LogP contribution is -2.52. The second kappa shape index (κ2) is 4.87. The second-order valence-corrected chi connectivity index (χ2v) is 6.51. The highest BCUT2D eigenvalue weighted by Gasteiger charge is 2.39. The van der Waals surface area contributed by atoms with E-state index >= 15 is 0 Å². The summed E-state index contributed by atoms with van der Waals surface area (Å²) >= 11 is 0. The fraction of sp³-hybridized carbons (Fsp3) is 1.00. The van der Waals surface area contributed by atoms with E-state index in [2.05, 4.69) is 4.90 Å². The SMILES string of the molecule is NC(C1CC1)C(CO)N(CC1CC1)CC1CC1. The molecule has 0 spiro atoms. The first-order valence-electron chi connectivity index (χ1n) is 7.38. The van der Waals surface area contributed by atoms with Crippen LogP contribution in [0.1, 0.15) is 38.5 Å². The lowest BCUT2D eigenvalue weighted by Gasteiger charge is -2.34. The molecule has 3 rings (SSSR count). The summed E-state index contributed by atoms with van der Waals surface area (Å²) in [4.78, 5) is 2.53. The van der Waals surface area contributed by atoms with E-state index < -0.39 is 0 Å². The molecule has 0 bridgehead atoms. The van der Waals surface area contributed by atoms with Gasteiger partial charge in [-0.1, -0.05) is 0 Å². The van der Waals surface area contributed by atoms with Gasteiger partial charge < -0.3 is 10.8 Å². The Morgan fingerprint density at radius 1 is 1.00 bits per heavy atom. The average Bonchev–Trinajstić information content (AvgIpc) is 3.12. The molecule has 98 valence electrons. The van der Waals surface area contributed by atoms with Gasteiger partial charge in [-0.25, -0.2) is 0 Å². The summed E-state index contributed by atoms with van der Waals surface area (Å²) in [5.74, 6) is 2.48. The molecule has 0 radical (unpaired) electrons. The highest BCUT2D eigenvalue weighted by Crippen LogP contribution is 2.38. The van der Waals surface area contributed by atoms with Crippen molar-refractivity contribution in [2.75, 3.05) is 19.7 Å². The van der Waals surface area contributed by atoms with Gasteiger partial charge in [0.25, 0.3) is 0 Å². The summed E-state index contributed by atoms with van der Waals surface area (Å²) in [7, 11) is 0. The maximum Gasteiger partial charge on any atom is 0.0602 e. The molecule has 2 unspecified atom stereocenters. The molecule has 3 N–H and O–H groups in total. The first-order valence-corrected chi connectivity index (χ1v) is 7.38. The number of aliphatic hydroxyl groups excluding tert-OH is 1. The summed E-state index contributed by atoms with van der Waals surface area (Å²) < 4.78 is 0. The number of hydrogen-bond donors (Lipinski definition) is 2. The van der Waals surface area contributed by atoms with Crippen LogP contribution in [0.25, 0.3) is 0 Å². The van der Waals surface area contributed by atoms with Crippen LogP contribution in [0.5, 0.6) is 0 Å². The summed E-state index contributed by atoms with van der Waals surface area (Å²) in [6, 6.07) is 0.432. The molecule has 3 aliphatic rings. The Balaban J connectivity index is 1.59. The Bertz CT molecular complexity index is 245. The van der Waals surface area contributed by atoms with Crippen molar-refractivity contribution in [3.63, 3.8) is 0 Å². The minimum atomic E-state index is 0.206. The maximum absolute atomic E-state index is 9.69. The summed E-state index contributed by atoms with van der Waals surface area (Å²) in [5.41, 5.74) is 6.33. The van der Waals surface area contributed by atoms with Crippen LogP contribution in [0.4, 0.5) is 0 Å². The van der Waals surface area contributed by atoms with Crippen molar-refractivity contribution in [3.8, 4) is 0 Å². The third kappa shape index (κ3) is 3.21. The predicted molar refractivity (Wildman–Crippen MR) is 68.6 cm³/mol. The van der Waals surface area contributed by atoms with E-state index in [9.17, 15) is 5.11 Å². The molecule has 0 saturated heterocycles. The van der Waals surface area contributed by atoms with Crippen LogP contribution < -0.4 is 5.73 Å². The summed E-state index contributed by atoms with van der Waals surface area (Å²) in [6.45, 7) is 2.61. The van der Waals surface area contributed by atoms with Gasteiger partial charge >= 0.3 is 0 Å². The van der Waals surface area contributed by atoms with Crippen LogP contribution in [-0.2, 0) is 0 Å². The number of nitrogens with two attached hydrogens (primary N) is 1. The van der Waals surface area contributed by atoms with Crippen molar-refractivity contribution in [3.05, 3.63) is 0 Å². The smallest absolute Gasteiger partial charge is 0.0602 e. The molecule has 3 heteroatoms. The molecule has 0 aliphatic heterocycles. The molecule has 0 amide bonds. The molecule has 3 fully saturated rings. The first-order chi connectivity index (χ1) is 8.28. The molecular weight excluding hydrogens is 212 g/mol. The standard InChI is InChI=1S/C14H26N2O/c15-14(12-5-6-12)13(9-17)16(7-10-1-2-10)8-11-3-4-11/h10-14,17H,1-9,15H2. The zero-order chi connectivity index (χ0) is 11.8. The van der Waals surface area contributed by atoms with Gasteiger partial charge in [-0.05, 0) is 56.3 Å². The quantitative estimate of drug-likeness (QED) is 0.668. The van der Waals surface area contributed by atoms with Crippen molar-refractivity contribution in [2.45, 2.75) is 50.6 Å². The molecule has 0 aromatic heterocycles. The van der Waals surface area contributed by atoms with Crippen molar-refractivity contribution in [1.82, 2.24) is 4.90 Å². The van der Waals surface area contributed by atoms with Crippen LogP contribution >= 0.6 is 0 Å². The third-order valence-corrected chi connectivity index (χ3v) is 4.65. The van der Waals surface area contributed by atoms with E-state index in [-0.39, 0.29) is 18.7 Å². The molecule has 3 aliphatic carbocycles. The highest BCUT2D eigenvalue weighted by atomic mass is 16.3. The van der Waals surface area contributed by atoms with Crippen LogP contribution in [0.15, 0.2) is 0 Å². The fourth-order valence-corrected chi connectivity index (χ4v) is 2.89. The maximum atomic E-state index is 9.69. The van der Waals surface area contributed by atoms with E-state index in [0.29, 0.717) is 5.92 Å². The number of aliphatic hydroxyl groups is 1. The third-order valence-electron chi connectivity index (χ3n) is 4.65. The Kier molecular flexibility index (Phi) is 3.42. The lowest BCUT2D eigenvalue weighted by molar-refractivity contribution is 0.0897. The molecule has 3 saturated carbocycles. The van der Waals surface area contributed by atoms with E-state index in [1.165, 1.54) is 51.6 Å². The zero-order valence-corrected chi connectivity index (χ0v) is 10.7. The van der Waals surface area contributed by atoms with Gasteiger partial charge in [-0.2, -0.15) is 0 Å². The zero-order valence-electron chi connectivity index (χ0n) is 10.7. The van der Waals surface area contributed by atoms with Gasteiger partial charge in [0.1, 0.15) is 0 Å². The van der Waals surface area contributed by atoms with Crippen LogP contribution in [-0.4, -0.2) is 41.8 Å². The Morgan fingerprint density at radius 2 is 1.53 bits per heavy atom. The van der Waals surface area contributed by atoms with Gasteiger partial charge in [0.2, 0.25) is 0 Å². The molecule has 2 atom stereocenters. The van der Waals surface area contributed by atoms with Crippen LogP contribution in [0.2, 0.25) is 0 Å². The van der Waals surface area contributed by atoms with Gasteiger partial charge in [-0.3, -0.25) is 4.90 Å². The molecule has 17 heavy (non-hydrogen) atoms. The predicted octanol–water partition coefficient (Wildman–Crippen LogP) is 1.21. The minimum absolute atomic E-state index is 0.206. The van der Waals surface area contributed by atoms with Gasteiger partial charge in [0.15, 0.2) is 0 Å². The molecular formula is C14H26N2O. The fourth-order valence-electron chi connectivity index (χ4n) is 2.89. The average molecular weight is 238 g/mol. The monoisotopic (exact) mass is 238 g/mol. The second-order valence-electron chi connectivity index (χ2n) is 6.51. The number of rotatable bonds is 8. The van der Waals surface area contributed by atoms with Crippen LogP contribution in [0.3, 0.4) is 0 Å². The van der Waals surface area contributed by atoms with Crippen LogP contribution in [0, 0.1) is 17.8 Å². The number of nitrogens with zero attached hydrogens (tertiary/aromatic N) is 1. The normalized spacial score (nSPS) is 28.4. The van der Waals surface area contributed by atoms with Gasteiger partial charge in [0.05, 0.1) is 6.61 Å². The van der Waals surface area contributed by atoms with E-state index in [4.69, 9.17) is 5.73 Å². The molecule has 0 heterocycles. The Hall–Kier alpha value is -0.120. The summed E-state index contributed by atoms with van der Waals surface area (Å²) in [5, 5.41) is 9.69. The van der Waals surface area contributed by atoms with E-state index in [1.54, 1.807) is 0 Å². The largest absolute Gasteiger partial charge is 0.395 e. The minimum Gasteiger partial charge on any atom is -0.395 e. The molecule has 0 aromatic rings. The molecule has 3 nitrogen and oxygen atoms in total. The number of hydrogen-bond acceptors (Lipinski definition) is 3. The van der Waals surface area contributed by atoms with Crippen molar-refractivity contribution < 1.29 is 5.11 Å². The summed E-state index contributed by atoms with van der Waals surface area (Å²) in [6.07, 6.45) is 8.10.